The van der Waals surface area contributed by atoms with Gasteiger partial charge >= 0.3 is 0 Å². The molecule has 9 nitrogen and oxygen atoms in total. The first-order valence-electron chi connectivity index (χ1n) is 4.96. The van der Waals surface area contributed by atoms with Crippen LogP contribution < -0.4 is 21.3 Å². The fourth-order valence-corrected chi connectivity index (χ4v) is 2.45. The molecular weight excluding hydrogens is 262 g/mol. The van der Waals surface area contributed by atoms with Crippen molar-refractivity contribution >= 4 is 27.7 Å². The van der Waals surface area contributed by atoms with Gasteiger partial charge in [0.1, 0.15) is 11.1 Å². The van der Waals surface area contributed by atoms with Crippen LogP contribution in [0, 0.1) is 0 Å². The van der Waals surface area contributed by atoms with E-state index in [0.717, 1.165) is 11.0 Å². The lowest BCUT2D eigenvalue weighted by atomic mass is 10.4. The van der Waals surface area contributed by atoms with Crippen molar-refractivity contribution < 1.29 is 13.2 Å². The highest BCUT2D eigenvalue weighted by Gasteiger charge is 2.37. The third kappa shape index (κ3) is 2.33. The molecule has 2 rings (SSSR count). The number of nitrogens with two attached hydrogens (primary N) is 2. The molecule has 0 aromatic carbocycles. The Balaban J connectivity index is 2.35. The van der Waals surface area contributed by atoms with Gasteiger partial charge in [-0.15, -0.1) is 0 Å². The normalized spacial score (nSPS) is 20.4. The first-order chi connectivity index (χ1) is 8.27. The van der Waals surface area contributed by atoms with Crippen molar-refractivity contribution in [3.05, 3.63) is 16.4 Å². The third-order valence-corrected chi connectivity index (χ3v) is 3.82. The van der Waals surface area contributed by atoms with Crippen LogP contribution in [0.5, 0.6) is 0 Å². The number of aromatic amines is 1. The minimum Gasteiger partial charge on any atom is -0.369 e. The molecule has 5 N–H and O–H groups in total. The lowest BCUT2D eigenvalue weighted by Crippen LogP contribution is -2.33. The average molecular weight is 273 g/mol. The van der Waals surface area contributed by atoms with E-state index in [4.69, 9.17) is 10.9 Å². The van der Waals surface area contributed by atoms with Gasteiger partial charge in [0.05, 0.1) is 0 Å². The molecule has 98 valence electrons. The van der Waals surface area contributed by atoms with Crippen LogP contribution >= 0.6 is 0 Å². The molecule has 18 heavy (non-hydrogen) atoms. The van der Waals surface area contributed by atoms with E-state index < -0.39 is 26.7 Å². The van der Waals surface area contributed by atoms with Crippen LogP contribution in [0.25, 0.3) is 0 Å². The third-order valence-electron chi connectivity index (χ3n) is 2.58. The topological polar surface area (TPSA) is 152 Å². The number of amides is 1. The number of H-pyrrole nitrogens is 1. The molecule has 0 saturated carbocycles. The first kappa shape index (κ1) is 12.5. The van der Waals surface area contributed by atoms with Crippen LogP contribution in [0.4, 0.5) is 11.8 Å². The molecule has 0 radical (unpaired) electrons. The second-order valence-electron chi connectivity index (χ2n) is 3.91. The first-order valence-corrected chi connectivity index (χ1v) is 6.57. The van der Waals surface area contributed by atoms with Crippen LogP contribution in [0.1, 0.15) is 6.42 Å². The van der Waals surface area contributed by atoms with E-state index in [9.17, 15) is 18.0 Å². The van der Waals surface area contributed by atoms with Gasteiger partial charge in [-0.25, -0.2) is 13.6 Å². The minimum absolute atomic E-state index is 0.0207. The summed E-state index contributed by atoms with van der Waals surface area (Å²) >= 11 is 0. The van der Waals surface area contributed by atoms with Crippen molar-refractivity contribution in [3.63, 3.8) is 0 Å². The van der Waals surface area contributed by atoms with Gasteiger partial charge in [-0.05, 0) is 0 Å². The SMILES string of the molecule is Nc1nc(N2CC(S(N)(=O)=O)CC2=O)cc(=O)[nH]1. The van der Waals surface area contributed by atoms with Gasteiger partial charge in [-0.1, -0.05) is 0 Å². The Labute approximate surface area is 102 Å². The molecule has 2 heterocycles. The van der Waals surface area contributed by atoms with E-state index in [2.05, 4.69) is 9.97 Å². The Kier molecular flexibility index (Phi) is 2.83. The van der Waals surface area contributed by atoms with Gasteiger partial charge < -0.3 is 5.73 Å². The quantitative estimate of drug-likeness (QED) is 0.553. The smallest absolute Gasteiger partial charge is 0.254 e. The molecular formula is C8H11N5O4S. The van der Waals surface area contributed by atoms with Gasteiger partial charge in [0.15, 0.2) is 0 Å². The number of nitrogen functional groups attached to an aromatic ring is 1. The highest BCUT2D eigenvalue weighted by Crippen LogP contribution is 2.21. The second kappa shape index (κ2) is 4.07. The molecule has 1 unspecified atom stereocenters. The summed E-state index contributed by atoms with van der Waals surface area (Å²) in [5.41, 5.74) is 4.82. The minimum atomic E-state index is -3.80. The molecule has 0 aliphatic carbocycles. The number of carbonyl (C=O) groups excluding carboxylic acids is 1. The van der Waals surface area contributed by atoms with Crippen molar-refractivity contribution in [3.8, 4) is 0 Å². The molecule has 10 heteroatoms. The van der Waals surface area contributed by atoms with Gasteiger partial charge in [0.2, 0.25) is 21.9 Å². The summed E-state index contributed by atoms with van der Waals surface area (Å²) in [6.45, 7) is -0.131. The zero-order valence-corrected chi connectivity index (χ0v) is 9.98. The number of aromatic nitrogens is 2. The maximum Gasteiger partial charge on any atom is 0.254 e. The van der Waals surface area contributed by atoms with Gasteiger partial charge in [-0.2, -0.15) is 4.98 Å². The second-order valence-corrected chi connectivity index (χ2v) is 5.75. The summed E-state index contributed by atoms with van der Waals surface area (Å²) in [4.78, 5) is 29.9. The summed E-state index contributed by atoms with van der Waals surface area (Å²) < 4.78 is 22.4. The van der Waals surface area contributed by atoms with Crippen LogP contribution in [0.3, 0.4) is 0 Å². The van der Waals surface area contributed by atoms with Crippen LogP contribution in [0.15, 0.2) is 10.9 Å². The summed E-state index contributed by atoms with van der Waals surface area (Å²) in [5, 5.41) is 3.99. The number of carbonyl (C=O) groups is 1. The zero-order chi connectivity index (χ0) is 13.5. The standard InChI is InChI=1S/C8H11N5O4S/c9-8-11-5(2-6(14)12-8)13-3-4(1-7(13)15)18(10,16)17/h2,4H,1,3H2,(H2,10,16,17)(H3,9,11,12,14). The number of hydrogen-bond acceptors (Lipinski definition) is 6. The van der Waals surface area contributed by atoms with Crippen molar-refractivity contribution in [2.24, 2.45) is 5.14 Å². The van der Waals surface area contributed by atoms with E-state index >= 15 is 0 Å². The van der Waals surface area contributed by atoms with Crippen LogP contribution in [0.2, 0.25) is 0 Å². The maximum absolute atomic E-state index is 11.7. The van der Waals surface area contributed by atoms with Crippen molar-refractivity contribution in [2.45, 2.75) is 11.7 Å². The van der Waals surface area contributed by atoms with Crippen LogP contribution in [-0.2, 0) is 14.8 Å². The van der Waals surface area contributed by atoms with E-state index in [-0.39, 0.29) is 24.7 Å². The van der Waals surface area contributed by atoms with Crippen molar-refractivity contribution in [1.29, 1.82) is 0 Å². The predicted octanol–water partition coefficient (Wildman–Crippen LogP) is -2.25. The van der Waals surface area contributed by atoms with E-state index in [0.29, 0.717) is 0 Å². The Hall–Kier alpha value is -1.94. The molecule has 0 bridgehead atoms. The van der Waals surface area contributed by atoms with E-state index in [1.165, 1.54) is 0 Å². The van der Waals surface area contributed by atoms with Crippen molar-refractivity contribution in [2.75, 3.05) is 17.2 Å². The van der Waals surface area contributed by atoms with Crippen molar-refractivity contribution in [1.82, 2.24) is 9.97 Å². The number of anilines is 2. The maximum atomic E-state index is 11.7. The predicted molar refractivity (Wildman–Crippen MR) is 63.1 cm³/mol. The molecule has 1 aromatic heterocycles. The number of hydrogen-bond donors (Lipinski definition) is 3. The number of nitrogens with one attached hydrogen (secondary N) is 1. The Bertz CT molecular complexity index is 652. The van der Waals surface area contributed by atoms with Gasteiger partial charge in [-0.3, -0.25) is 19.5 Å². The molecule has 1 aliphatic heterocycles. The summed E-state index contributed by atoms with van der Waals surface area (Å²) in [6.07, 6.45) is -0.229. The number of nitrogens with zero attached hydrogens (tertiary/aromatic N) is 2. The summed E-state index contributed by atoms with van der Waals surface area (Å²) in [5.74, 6) is -0.594. The molecule has 1 amide bonds. The molecule has 1 saturated heterocycles. The molecule has 1 fully saturated rings. The number of rotatable bonds is 2. The number of sulfonamides is 1. The highest BCUT2D eigenvalue weighted by atomic mass is 32.2. The monoisotopic (exact) mass is 273 g/mol. The van der Waals surface area contributed by atoms with Gasteiger partial charge in [0, 0.05) is 19.0 Å². The molecule has 1 atom stereocenters. The fourth-order valence-electron chi connectivity index (χ4n) is 1.72. The molecule has 1 aliphatic rings. The zero-order valence-electron chi connectivity index (χ0n) is 9.16. The highest BCUT2D eigenvalue weighted by molar-refractivity contribution is 7.89. The molecule has 1 aromatic rings. The van der Waals surface area contributed by atoms with Gasteiger partial charge in [0.25, 0.3) is 5.56 Å². The number of primary sulfonamides is 1. The van der Waals surface area contributed by atoms with Crippen LogP contribution in [-0.4, -0.2) is 36.1 Å². The summed E-state index contributed by atoms with van der Waals surface area (Å²) in [6, 6.07) is 1.07. The van der Waals surface area contributed by atoms with E-state index in [1.54, 1.807) is 0 Å². The summed E-state index contributed by atoms with van der Waals surface area (Å²) in [7, 11) is -3.80. The lowest BCUT2D eigenvalue weighted by Gasteiger charge is -2.14. The van der Waals surface area contributed by atoms with E-state index in [1.807, 2.05) is 0 Å². The fraction of sp³-hybridized carbons (Fsp3) is 0.375. The Morgan fingerprint density at radius 2 is 2.11 bits per heavy atom. The molecule has 0 spiro atoms. The Morgan fingerprint density at radius 1 is 1.44 bits per heavy atom. The lowest BCUT2D eigenvalue weighted by molar-refractivity contribution is -0.117. The average Bonchev–Trinajstić information content (AvgIpc) is 2.58. The Morgan fingerprint density at radius 3 is 2.61 bits per heavy atom. The largest absolute Gasteiger partial charge is 0.369 e.